The monoisotopic (exact) mass is 221 g/mol. The second kappa shape index (κ2) is 5.12. The minimum atomic E-state index is 0.251. The summed E-state index contributed by atoms with van der Waals surface area (Å²) in [5.74, 6) is 0.828. The van der Waals surface area contributed by atoms with Crippen LogP contribution in [0.25, 0.3) is 0 Å². The van der Waals surface area contributed by atoms with Gasteiger partial charge >= 0.3 is 6.01 Å². The molecule has 0 unspecified atom stereocenters. The Bertz CT molecular complexity index is 429. The molecule has 2 aromatic heterocycles. The van der Waals surface area contributed by atoms with Crippen LogP contribution in [0.15, 0.2) is 16.8 Å². The van der Waals surface area contributed by atoms with Crippen LogP contribution in [0, 0.1) is 0 Å². The van der Waals surface area contributed by atoms with Gasteiger partial charge in [-0.25, -0.2) is 4.98 Å². The molecular formula is C8H11N7O. The molecule has 0 saturated carbocycles. The zero-order valence-electron chi connectivity index (χ0n) is 8.71. The van der Waals surface area contributed by atoms with E-state index < -0.39 is 0 Å². The molecule has 2 rings (SSSR count). The van der Waals surface area contributed by atoms with Crippen LogP contribution in [-0.2, 0) is 6.54 Å². The molecule has 0 aliphatic heterocycles. The van der Waals surface area contributed by atoms with Gasteiger partial charge in [0.05, 0.1) is 18.9 Å². The Morgan fingerprint density at radius 3 is 2.94 bits per heavy atom. The summed E-state index contributed by atoms with van der Waals surface area (Å²) in [7, 11) is 0. The van der Waals surface area contributed by atoms with Crippen molar-refractivity contribution in [1.29, 1.82) is 0 Å². The van der Waals surface area contributed by atoms with Gasteiger partial charge in [0.1, 0.15) is 0 Å². The lowest BCUT2D eigenvalue weighted by atomic mass is 10.6. The Morgan fingerprint density at radius 1 is 1.25 bits per heavy atom. The van der Waals surface area contributed by atoms with E-state index in [1.165, 1.54) is 12.4 Å². The van der Waals surface area contributed by atoms with Crippen molar-refractivity contribution in [2.45, 2.75) is 13.5 Å². The van der Waals surface area contributed by atoms with Gasteiger partial charge < -0.3 is 9.73 Å². The quantitative estimate of drug-likeness (QED) is 0.733. The van der Waals surface area contributed by atoms with Crippen LogP contribution in [0.5, 0.6) is 0 Å². The summed E-state index contributed by atoms with van der Waals surface area (Å²) in [4.78, 5) is 3.92. The van der Waals surface area contributed by atoms with E-state index in [1.807, 2.05) is 6.92 Å². The first kappa shape index (κ1) is 10.4. The van der Waals surface area contributed by atoms with Crippen molar-refractivity contribution >= 4 is 12.0 Å². The molecule has 0 bridgehead atoms. The predicted molar refractivity (Wildman–Crippen MR) is 54.8 cm³/mol. The smallest absolute Gasteiger partial charge is 0.322 e. The van der Waals surface area contributed by atoms with Gasteiger partial charge in [-0.2, -0.15) is 5.10 Å². The third kappa shape index (κ3) is 2.70. The van der Waals surface area contributed by atoms with Crippen LogP contribution in [-0.4, -0.2) is 31.9 Å². The number of aromatic nitrogens is 5. The minimum Gasteiger partial charge on any atom is -0.406 e. The number of hydrogen-bond acceptors (Lipinski definition) is 8. The van der Waals surface area contributed by atoms with Gasteiger partial charge in [0, 0.05) is 0 Å². The highest BCUT2D eigenvalue weighted by Crippen LogP contribution is 2.09. The second-order valence-corrected chi connectivity index (χ2v) is 2.87. The van der Waals surface area contributed by atoms with Gasteiger partial charge in [-0.05, 0) is 6.54 Å². The minimum absolute atomic E-state index is 0.251. The highest BCUT2D eigenvalue weighted by molar-refractivity contribution is 5.37. The van der Waals surface area contributed by atoms with Crippen LogP contribution in [0.2, 0.25) is 0 Å². The fourth-order valence-corrected chi connectivity index (χ4v) is 1.01. The van der Waals surface area contributed by atoms with E-state index in [0.29, 0.717) is 18.4 Å². The number of nitrogens with zero attached hydrogens (tertiary/aromatic N) is 5. The SMILES string of the molecule is CCNCc1nnc(Nc2nccnn2)o1. The van der Waals surface area contributed by atoms with Gasteiger partial charge in [0.15, 0.2) is 0 Å². The van der Waals surface area contributed by atoms with E-state index in [4.69, 9.17) is 4.42 Å². The lowest BCUT2D eigenvalue weighted by Gasteiger charge is -1.96. The van der Waals surface area contributed by atoms with Gasteiger partial charge in [-0.3, -0.25) is 5.32 Å². The molecule has 0 radical (unpaired) electrons. The molecule has 2 aromatic rings. The highest BCUT2D eigenvalue weighted by atomic mass is 16.4. The number of rotatable bonds is 5. The maximum absolute atomic E-state index is 5.29. The molecule has 2 heterocycles. The summed E-state index contributed by atoms with van der Waals surface area (Å²) in [6.07, 6.45) is 3.00. The fourth-order valence-electron chi connectivity index (χ4n) is 1.01. The van der Waals surface area contributed by atoms with Crippen LogP contribution in [0.1, 0.15) is 12.8 Å². The van der Waals surface area contributed by atoms with E-state index in [1.54, 1.807) is 0 Å². The molecular weight excluding hydrogens is 210 g/mol. The molecule has 8 heteroatoms. The first-order chi connectivity index (χ1) is 7.88. The summed E-state index contributed by atoms with van der Waals surface area (Å²) in [5.41, 5.74) is 0. The molecule has 0 fully saturated rings. The molecule has 16 heavy (non-hydrogen) atoms. The van der Waals surface area contributed by atoms with Gasteiger partial charge in [0.25, 0.3) is 5.95 Å². The van der Waals surface area contributed by atoms with Crippen molar-refractivity contribution in [3.8, 4) is 0 Å². The summed E-state index contributed by atoms with van der Waals surface area (Å²) >= 11 is 0. The Morgan fingerprint density at radius 2 is 2.19 bits per heavy atom. The normalized spacial score (nSPS) is 10.3. The molecule has 0 atom stereocenters. The average molecular weight is 221 g/mol. The van der Waals surface area contributed by atoms with E-state index in [9.17, 15) is 0 Å². The van der Waals surface area contributed by atoms with E-state index >= 15 is 0 Å². The molecule has 0 amide bonds. The number of hydrogen-bond donors (Lipinski definition) is 2. The van der Waals surface area contributed by atoms with E-state index in [2.05, 4.69) is 36.0 Å². The van der Waals surface area contributed by atoms with E-state index in [-0.39, 0.29) is 6.01 Å². The predicted octanol–water partition coefficient (Wildman–Crippen LogP) is 0.108. The van der Waals surface area contributed by atoms with Gasteiger partial charge in [0.2, 0.25) is 5.89 Å². The maximum Gasteiger partial charge on any atom is 0.322 e. The van der Waals surface area contributed by atoms with Crippen LogP contribution >= 0.6 is 0 Å². The van der Waals surface area contributed by atoms with Crippen molar-refractivity contribution in [2.24, 2.45) is 0 Å². The Kier molecular flexibility index (Phi) is 3.34. The second-order valence-electron chi connectivity index (χ2n) is 2.87. The first-order valence-corrected chi connectivity index (χ1v) is 4.82. The molecule has 2 N–H and O–H groups in total. The van der Waals surface area contributed by atoms with Crippen molar-refractivity contribution in [1.82, 2.24) is 30.7 Å². The van der Waals surface area contributed by atoms with Crippen LogP contribution in [0.4, 0.5) is 12.0 Å². The molecule has 0 aliphatic carbocycles. The molecule has 0 aliphatic rings. The largest absolute Gasteiger partial charge is 0.406 e. The third-order valence-electron chi connectivity index (χ3n) is 1.69. The maximum atomic E-state index is 5.29. The molecule has 0 saturated heterocycles. The molecule has 84 valence electrons. The number of nitrogens with one attached hydrogen (secondary N) is 2. The number of anilines is 2. The zero-order chi connectivity index (χ0) is 11.2. The molecule has 0 aromatic carbocycles. The summed E-state index contributed by atoms with van der Waals surface area (Å²) in [6.45, 7) is 3.38. The highest BCUT2D eigenvalue weighted by Gasteiger charge is 2.06. The average Bonchev–Trinajstić information content (AvgIpc) is 2.75. The van der Waals surface area contributed by atoms with Crippen LogP contribution < -0.4 is 10.6 Å². The summed E-state index contributed by atoms with van der Waals surface area (Å²) in [5, 5.41) is 20.8. The summed E-state index contributed by atoms with van der Waals surface area (Å²) in [6, 6.07) is 0.251. The van der Waals surface area contributed by atoms with Crippen LogP contribution in [0.3, 0.4) is 0 Å². The fraction of sp³-hybridized carbons (Fsp3) is 0.375. The van der Waals surface area contributed by atoms with E-state index in [0.717, 1.165) is 6.54 Å². The van der Waals surface area contributed by atoms with Gasteiger partial charge in [-0.1, -0.05) is 12.0 Å². The third-order valence-corrected chi connectivity index (χ3v) is 1.69. The summed E-state index contributed by atoms with van der Waals surface area (Å²) < 4.78 is 5.29. The Balaban J connectivity index is 1.97. The standard InChI is InChI=1S/C8H11N7O/c1-2-9-5-6-13-15-8(16-6)12-7-10-3-4-11-14-7/h3-4,9H,2,5H2,1H3,(H,10,12,14,15). The lowest BCUT2D eigenvalue weighted by molar-refractivity contribution is 0.484. The Hall–Kier alpha value is -2.09. The van der Waals surface area contributed by atoms with Gasteiger partial charge in [-0.15, -0.1) is 10.2 Å². The first-order valence-electron chi connectivity index (χ1n) is 4.82. The van der Waals surface area contributed by atoms with Crippen molar-refractivity contribution < 1.29 is 4.42 Å². The topological polar surface area (TPSA) is 102 Å². The molecule has 8 nitrogen and oxygen atoms in total. The van der Waals surface area contributed by atoms with Crippen molar-refractivity contribution in [3.63, 3.8) is 0 Å². The lowest BCUT2D eigenvalue weighted by Crippen LogP contribution is -2.11. The van der Waals surface area contributed by atoms with Crippen molar-refractivity contribution in [3.05, 3.63) is 18.3 Å². The Labute approximate surface area is 91.5 Å². The zero-order valence-corrected chi connectivity index (χ0v) is 8.71. The van der Waals surface area contributed by atoms with Crippen molar-refractivity contribution in [2.75, 3.05) is 11.9 Å². The molecule has 0 spiro atoms.